The first-order valence-electron chi connectivity index (χ1n) is 7.67. The monoisotopic (exact) mass is 277 g/mol. The minimum Gasteiger partial charge on any atom is -0.495 e. The molecule has 112 valence electrons. The van der Waals surface area contributed by atoms with Gasteiger partial charge in [0.15, 0.2) is 0 Å². The summed E-state index contributed by atoms with van der Waals surface area (Å²) in [6.45, 7) is 3.14. The second-order valence-electron chi connectivity index (χ2n) is 5.97. The lowest BCUT2D eigenvalue weighted by atomic mass is 9.78. The summed E-state index contributed by atoms with van der Waals surface area (Å²) in [4.78, 5) is 2.21. The van der Waals surface area contributed by atoms with Crippen LogP contribution in [-0.4, -0.2) is 31.9 Å². The van der Waals surface area contributed by atoms with Crippen LogP contribution in [0.25, 0.3) is 0 Å². The number of hydrogen-bond acceptors (Lipinski definition) is 3. The lowest BCUT2D eigenvalue weighted by molar-refractivity contribution is 0.0511. The van der Waals surface area contributed by atoms with Crippen LogP contribution in [0.15, 0.2) is 24.3 Å². The second kappa shape index (κ2) is 6.98. The number of hydrogen-bond donors (Lipinski definition) is 1. The van der Waals surface area contributed by atoms with Gasteiger partial charge in [0.05, 0.1) is 18.9 Å². The van der Waals surface area contributed by atoms with Gasteiger partial charge in [-0.05, 0) is 37.3 Å². The molecule has 0 spiro atoms. The Morgan fingerprint density at radius 3 is 2.75 bits per heavy atom. The minimum absolute atomic E-state index is 0.157. The van der Waals surface area contributed by atoms with Crippen LogP contribution < -0.4 is 9.64 Å². The molecule has 20 heavy (non-hydrogen) atoms. The van der Waals surface area contributed by atoms with E-state index >= 15 is 0 Å². The zero-order valence-corrected chi connectivity index (χ0v) is 12.9. The molecule has 0 amide bonds. The lowest BCUT2D eigenvalue weighted by Crippen LogP contribution is -2.37. The number of rotatable bonds is 5. The summed E-state index contributed by atoms with van der Waals surface area (Å²) in [5.41, 5.74) is 1.10. The number of nitrogens with zero attached hydrogens (tertiary/aromatic N) is 1. The van der Waals surface area contributed by atoms with Crippen LogP contribution >= 0.6 is 0 Å². The van der Waals surface area contributed by atoms with Crippen LogP contribution in [0.5, 0.6) is 5.75 Å². The molecule has 2 rings (SSSR count). The van der Waals surface area contributed by atoms with E-state index in [2.05, 4.69) is 24.9 Å². The topological polar surface area (TPSA) is 32.7 Å². The third-order valence-electron chi connectivity index (χ3n) is 4.63. The van der Waals surface area contributed by atoms with Crippen LogP contribution in [0.3, 0.4) is 0 Å². The molecule has 1 fully saturated rings. The van der Waals surface area contributed by atoms with Crippen LogP contribution in [0.2, 0.25) is 0 Å². The van der Waals surface area contributed by atoms with Gasteiger partial charge in [-0.3, -0.25) is 0 Å². The molecule has 0 heterocycles. The maximum absolute atomic E-state index is 10.2. The van der Waals surface area contributed by atoms with Crippen molar-refractivity contribution >= 4 is 5.69 Å². The van der Waals surface area contributed by atoms with E-state index in [0.717, 1.165) is 36.7 Å². The van der Waals surface area contributed by atoms with Gasteiger partial charge in [0.1, 0.15) is 5.75 Å². The Kier molecular flexibility index (Phi) is 5.30. The number of ether oxygens (including phenoxy) is 1. The number of aliphatic hydroxyl groups is 1. The zero-order chi connectivity index (χ0) is 14.5. The number of para-hydroxylation sites is 2. The van der Waals surface area contributed by atoms with Gasteiger partial charge < -0.3 is 14.7 Å². The van der Waals surface area contributed by atoms with Crippen molar-refractivity contribution in [2.24, 2.45) is 11.8 Å². The Hall–Kier alpha value is -1.22. The molecule has 3 heteroatoms. The highest BCUT2D eigenvalue weighted by molar-refractivity contribution is 5.57. The molecule has 3 atom stereocenters. The SMILES string of the molecule is CCC1CCC(O)C(CN(C)c2ccccc2OC)C1. The summed E-state index contributed by atoms with van der Waals surface area (Å²) >= 11 is 0. The Labute approximate surface area is 122 Å². The Bertz CT molecular complexity index is 421. The summed E-state index contributed by atoms with van der Waals surface area (Å²) < 4.78 is 5.42. The predicted molar refractivity (Wildman–Crippen MR) is 83.4 cm³/mol. The van der Waals surface area contributed by atoms with Crippen molar-refractivity contribution in [2.45, 2.75) is 38.7 Å². The quantitative estimate of drug-likeness (QED) is 0.896. The van der Waals surface area contributed by atoms with Gasteiger partial charge in [-0.15, -0.1) is 0 Å². The molecule has 1 aliphatic carbocycles. The molecule has 1 saturated carbocycles. The fourth-order valence-corrected chi connectivity index (χ4v) is 3.31. The molecule has 3 nitrogen and oxygen atoms in total. The Balaban J connectivity index is 2.04. The fraction of sp³-hybridized carbons (Fsp3) is 0.647. The van der Waals surface area contributed by atoms with E-state index in [4.69, 9.17) is 4.74 Å². The first-order chi connectivity index (χ1) is 9.65. The average molecular weight is 277 g/mol. The molecule has 0 aliphatic heterocycles. The van der Waals surface area contributed by atoms with E-state index in [1.807, 2.05) is 18.2 Å². The second-order valence-corrected chi connectivity index (χ2v) is 5.97. The van der Waals surface area contributed by atoms with E-state index in [0.29, 0.717) is 5.92 Å². The molecule has 3 unspecified atom stereocenters. The smallest absolute Gasteiger partial charge is 0.142 e. The van der Waals surface area contributed by atoms with Gasteiger partial charge >= 0.3 is 0 Å². The van der Waals surface area contributed by atoms with Gasteiger partial charge in [0, 0.05) is 19.5 Å². The van der Waals surface area contributed by atoms with Gasteiger partial charge in [-0.2, -0.15) is 0 Å². The number of anilines is 1. The molecule has 0 bridgehead atoms. The van der Waals surface area contributed by atoms with Gasteiger partial charge in [0.25, 0.3) is 0 Å². The van der Waals surface area contributed by atoms with E-state index in [1.165, 1.54) is 12.8 Å². The van der Waals surface area contributed by atoms with Crippen LogP contribution in [0.1, 0.15) is 32.6 Å². The molecule has 1 N–H and O–H groups in total. The molecular formula is C17H27NO2. The third-order valence-corrected chi connectivity index (χ3v) is 4.63. The summed E-state index contributed by atoms with van der Waals surface area (Å²) in [7, 11) is 3.79. The van der Waals surface area contributed by atoms with Crippen molar-refractivity contribution in [1.29, 1.82) is 0 Å². The summed E-state index contributed by atoms with van der Waals surface area (Å²) in [6, 6.07) is 8.07. The fourth-order valence-electron chi connectivity index (χ4n) is 3.31. The van der Waals surface area contributed by atoms with Crippen molar-refractivity contribution < 1.29 is 9.84 Å². The largest absolute Gasteiger partial charge is 0.495 e. The lowest BCUT2D eigenvalue weighted by Gasteiger charge is -2.36. The van der Waals surface area contributed by atoms with E-state index < -0.39 is 0 Å². The predicted octanol–water partition coefficient (Wildman–Crippen LogP) is 3.32. The first-order valence-corrected chi connectivity index (χ1v) is 7.67. The highest BCUT2D eigenvalue weighted by Gasteiger charge is 2.29. The highest BCUT2D eigenvalue weighted by atomic mass is 16.5. The molecule has 0 saturated heterocycles. The van der Waals surface area contributed by atoms with Gasteiger partial charge in [0.2, 0.25) is 0 Å². The number of benzene rings is 1. The zero-order valence-electron chi connectivity index (χ0n) is 12.9. The Morgan fingerprint density at radius 2 is 2.05 bits per heavy atom. The molecule has 1 aromatic rings. The standard InChI is InChI=1S/C17H27NO2/c1-4-13-9-10-16(19)14(11-13)12-18(2)15-7-5-6-8-17(15)20-3/h5-8,13-14,16,19H,4,9-12H2,1-3H3. The normalized spacial score (nSPS) is 26.3. The molecular weight excluding hydrogens is 250 g/mol. The Morgan fingerprint density at radius 1 is 1.30 bits per heavy atom. The number of methoxy groups -OCH3 is 1. The van der Waals surface area contributed by atoms with Crippen molar-refractivity contribution in [3.63, 3.8) is 0 Å². The third kappa shape index (κ3) is 3.45. The van der Waals surface area contributed by atoms with Gasteiger partial charge in [-0.25, -0.2) is 0 Å². The maximum Gasteiger partial charge on any atom is 0.142 e. The summed E-state index contributed by atoms with van der Waals surface area (Å²) in [6.07, 6.45) is 4.32. The van der Waals surface area contributed by atoms with Crippen LogP contribution in [0, 0.1) is 11.8 Å². The average Bonchev–Trinajstić information content (AvgIpc) is 2.49. The van der Waals surface area contributed by atoms with Crippen molar-refractivity contribution in [3.05, 3.63) is 24.3 Å². The number of aliphatic hydroxyl groups excluding tert-OH is 1. The summed E-state index contributed by atoms with van der Waals surface area (Å²) in [5.74, 6) is 2.03. The van der Waals surface area contributed by atoms with Crippen molar-refractivity contribution in [2.75, 3.05) is 25.6 Å². The van der Waals surface area contributed by atoms with Gasteiger partial charge in [-0.1, -0.05) is 25.5 Å². The molecule has 0 radical (unpaired) electrons. The molecule has 0 aromatic heterocycles. The molecule has 1 aliphatic rings. The van der Waals surface area contributed by atoms with E-state index in [1.54, 1.807) is 7.11 Å². The van der Waals surface area contributed by atoms with E-state index in [-0.39, 0.29) is 6.10 Å². The first kappa shape index (κ1) is 15.2. The van der Waals surface area contributed by atoms with Crippen LogP contribution in [-0.2, 0) is 0 Å². The van der Waals surface area contributed by atoms with E-state index in [9.17, 15) is 5.11 Å². The van der Waals surface area contributed by atoms with Crippen LogP contribution in [0.4, 0.5) is 5.69 Å². The van der Waals surface area contributed by atoms with Crippen molar-refractivity contribution in [1.82, 2.24) is 0 Å². The minimum atomic E-state index is -0.157. The van der Waals surface area contributed by atoms with Crippen molar-refractivity contribution in [3.8, 4) is 5.75 Å². The maximum atomic E-state index is 10.2. The summed E-state index contributed by atoms with van der Waals surface area (Å²) in [5, 5.41) is 10.2. The highest BCUT2D eigenvalue weighted by Crippen LogP contribution is 2.34. The molecule has 1 aromatic carbocycles.